The summed E-state index contributed by atoms with van der Waals surface area (Å²) in [6, 6.07) is 7.94. The molecule has 0 aliphatic carbocycles. The van der Waals surface area contributed by atoms with Crippen molar-refractivity contribution in [2.75, 3.05) is 24.2 Å². The van der Waals surface area contributed by atoms with Gasteiger partial charge in [-0.25, -0.2) is 4.39 Å². The van der Waals surface area contributed by atoms with Crippen molar-refractivity contribution in [3.8, 4) is 5.69 Å². The minimum absolute atomic E-state index is 0.0539. The van der Waals surface area contributed by atoms with Gasteiger partial charge in [-0.15, -0.1) is 10.2 Å². The number of nitrogens with zero attached hydrogens (tertiary/aromatic N) is 5. The number of carbonyl (C=O) groups is 1. The molecule has 1 aliphatic rings. The molecule has 10 heteroatoms. The predicted molar refractivity (Wildman–Crippen MR) is 116 cm³/mol. The summed E-state index contributed by atoms with van der Waals surface area (Å²) in [6.45, 7) is 5.92. The highest BCUT2D eigenvalue weighted by Crippen LogP contribution is 2.29. The van der Waals surface area contributed by atoms with E-state index in [2.05, 4.69) is 32.5 Å². The average molecular weight is 445 g/mol. The van der Waals surface area contributed by atoms with Gasteiger partial charge in [0.25, 0.3) is 0 Å². The van der Waals surface area contributed by atoms with Gasteiger partial charge in [0.2, 0.25) is 11.8 Å². The molecular formula is C21H25FN6O2S. The zero-order valence-electron chi connectivity index (χ0n) is 17.5. The number of hydrogen-bond donors (Lipinski definition) is 1. The van der Waals surface area contributed by atoms with Gasteiger partial charge >= 0.3 is 0 Å². The largest absolute Gasteiger partial charge is 0.338 e. The average Bonchev–Trinajstić information content (AvgIpc) is 3.39. The van der Waals surface area contributed by atoms with Crippen LogP contribution in [0.3, 0.4) is 0 Å². The van der Waals surface area contributed by atoms with Crippen molar-refractivity contribution >= 4 is 23.6 Å². The standard InChI is InChI=1S/C21H25FN6O2S/c1-14-12-19(30-26-14)23-18(29)13-31-21-25-24-20(15(2)27-10-4-3-5-11-27)28(21)17-8-6-16(22)7-9-17/h6-9,12,15H,3-5,10-11,13H2,1-2H3,(H,23,29). The Morgan fingerprint density at radius 3 is 2.65 bits per heavy atom. The van der Waals surface area contributed by atoms with Gasteiger partial charge in [0, 0.05) is 11.8 Å². The lowest BCUT2D eigenvalue weighted by Gasteiger charge is -2.31. The highest BCUT2D eigenvalue weighted by atomic mass is 32.2. The van der Waals surface area contributed by atoms with Crippen LogP contribution in [0.1, 0.15) is 43.7 Å². The number of benzene rings is 1. The molecule has 3 aromatic rings. The van der Waals surface area contributed by atoms with Crippen molar-refractivity contribution in [3.05, 3.63) is 47.7 Å². The maximum Gasteiger partial charge on any atom is 0.237 e. The number of aromatic nitrogens is 4. The van der Waals surface area contributed by atoms with Gasteiger partial charge in [-0.3, -0.25) is 19.6 Å². The smallest absolute Gasteiger partial charge is 0.237 e. The van der Waals surface area contributed by atoms with Crippen molar-refractivity contribution in [3.63, 3.8) is 0 Å². The van der Waals surface area contributed by atoms with Gasteiger partial charge in [-0.05, 0) is 64.0 Å². The number of aryl methyl sites for hydroxylation is 1. The van der Waals surface area contributed by atoms with Crippen molar-refractivity contribution in [2.24, 2.45) is 0 Å². The number of thioether (sulfide) groups is 1. The van der Waals surface area contributed by atoms with Gasteiger partial charge < -0.3 is 4.52 Å². The van der Waals surface area contributed by atoms with Gasteiger partial charge in [0.1, 0.15) is 5.82 Å². The topological polar surface area (TPSA) is 89.1 Å². The molecule has 1 saturated heterocycles. The Morgan fingerprint density at radius 2 is 1.97 bits per heavy atom. The molecule has 1 fully saturated rings. The molecule has 0 spiro atoms. The summed E-state index contributed by atoms with van der Waals surface area (Å²) >= 11 is 1.27. The summed E-state index contributed by atoms with van der Waals surface area (Å²) in [6.07, 6.45) is 3.57. The van der Waals surface area contributed by atoms with Gasteiger partial charge in [-0.2, -0.15) is 0 Å². The summed E-state index contributed by atoms with van der Waals surface area (Å²) in [4.78, 5) is 14.7. The second-order valence-corrected chi connectivity index (χ2v) is 8.54. The van der Waals surface area contributed by atoms with Gasteiger partial charge in [-0.1, -0.05) is 23.3 Å². The first kappa shape index (κ1) is 21.5. The molecule has 1 unspecified atom stereocenters. The number of amides is 1. The van der Waals surface area contributed by atoms with E-state index in [0.717, 1.165) is 37.4 Å². The van der Waals surface area contributed by atoms with Crippen LogP contribution >= 0.6 is 11.8 Å². The van der Waals surface area contributed by atoms with E-state index in [-0.39, 0.29) is 23.5 Å². The summed E-state index contributed by atoms with van der Waals surface area (Å²) in [7, 11) is 0. The molecule has 3 heterocycles. The van der Waals surface area contributed by atoms with Crippen LogP contribution in [0, 0.1) is 12.7 Å². The maximum absolute atomic E-state index is 13.5. The predicted octanol–water partition coefficient (Wildman–Crippen LogP) is 3.98. The molecule has 8 nitrogen and oxygen atoms in total. The minimum Gasteiger partial charge on any atom is -0.338 e. The fourth-order valence-corrected chi connectivity index (χ4v) is 4.43. The van der Waals surface area contributed by atoms with E-state index in [1.54, 1.807) is 25.1 Å². The summed E-state index contributed by atoms with van der Waals surface area (Å²) in [5, 5.41) is 15.8. The molecule has 1 aliphatic heterocycles. The molecule has 4 rings (SSSR count). The number of carbonyl (C=O) groups excluding carboxylic acids is 1. The normalized spacial score (nSPS) is 15.7. The van der Waals surface area contributed by atoms with E-state index in [1.165, 1.54) is 30.3 Å². The molecule has 1 amide bonds. The monoisotopic (exact) mass is 444 g/mol. The van der Waals surface area contributed by atoms with Crippen LogP contribution in [0.4, 0.5) is 10.3 Å². The van der Waals surface area contributed by atoms with Crippen LogP contribution in [-0.2, 0) is 4.79 Å². The Hall–Kier alpha value is -2.72. The third kappa shape index (κ3) is 5.13. The highest BCUT2D eigenvalue weighted by molar-refractivity contribution is 7.99. The molecule has 164 valence electrons. The first-order valence-corrected chi connectivity index (χ1v) is 11.3. The Labute approximate surface area is 184 Å². The minimum atomic E-state index is -0.307. The van der Waals surface area contributed by atoms with Crippen molar-refractivity contribution in [2.45, 2.75) is 44.3 Å². The van der Waals surface area contributed by atoms with Crippen molar-refractivity contribution in [1.82, 2.24) is 24.8 Å². The highest BCUT2D eigenvalue weighted by Gasteiger charge is 2.26. The second-order valence-electron chi connectivity index (χ2n) is 7.59. The third-order valence-electron chi connectivity index (χ3n) is 5.28. The van der Waals surface area contributed by atoms with E-state index >= 15 is 0 Å². The molecule has 1 N–H and O–H groups in total. The number of likely N-dealkylation sites (tertiary alicyclic amines) is 1. The Balaban J connectivity index is 1.55. The van der Waals surface area contributed by atoms with E-state index in [1.807, 2.05) is 4.57 Å². The number of nitrogens with one attached hydrogen (secondary N) is 1. The number of rotatable bonds is 7. The molecule has 2 aromatic heterocycles. The third-order valence-corrected chi connectivity index (χ3v) is 6.21. The second kappa shape index (κ2) is 9.61. The molecule has 31 heavy (non-hydrogen) atoms. The fraction of sp³-hybridized carbons (Fsp3) is 0.429. The number of piperidine rings is 1. The number of anilines is 1. The Kier molecular flexibility index (Phi) is 6.67. The summed E-state index contributed by atoms with van der Waals surface area (Å²) in [5.74, 6) is 0.667. The summed E-state index contributed by atoms with van der Waals surface area (Å²) in [5.41, 5.74) is 1.45. The zero-order valence-corrected chi connectivity index (χ0v) is 18.4. The number of halogens is 1. The number of hydrogen-bond acceptors (Lipinski definition) is 7. The van der Waals surface area contributed by atoms with E-state index in [9.17, 15) is 9.18 Å². The molecule has 1 aromatic carbocycles. The first-order chi connectivity index (χ1) is 15.0. The fourth-order valence-electron chi connectivity index (χ4n) is 3.67. The quantitative estimate of drug-likeness (QED) is 0.551. The lowest BCUT2D eigenvalue weighted by atomic mass is 10.1. The Morgan fingerprint density at radius 1 is 1.23 bits per heavy atom. The van der Waals surface area contributed by atoms with Crippen LogP contribution in [-0.4, -0.2) is 49.6 Å². The lowest BCUT2D eigenvalue weighted by Crippen LogP contribution is -2.33. The molecule has 0 radical (unpaired) electrons. The van der Waals surface area contributed by atoms with E-state index < -0.39 is 0 Å². The van der Waals surface area contributed by atoms with Crippen molar-refractivity contribution in [1.29, 1.82) is 0 Å². The molecule has 1 atom stereocenters. The van der Waals surface area contributed by atoms with E-state index in [4.69, 9.17) is 4.52 Å². The molecule has 0 bridgehead atoms. The van der Waals surface area contributed by atoms with Crippen LogP contribution in [0.2, 0.25) is 0 Å². The Bertz CT molecular complexity index is 1030. The van der Waals surface area contributed by atoms with Gasteiger partial charge in [0.15, 0.2) is 11.0 Å². The van der Waals surface area contributed by atoms with Crippen LogP contribution in [0.15, 0.2) is 40.0 Å². The zero-order chi connectivity index (χ0) is 21.8. The lowest BCUT2D eigenvalue weighted by molar-refractivity contribution is -0.113. The van der Waals surface area contributed by atoms with Crippen molar-refractivity contribution < 1.29 is 13.7 Å². The molecular weight excluding hydrogens is 419 g/mol. The van der Waals surface area contributed by atoms with E-state index in [0.29, 0.717) is 16.7 Å². The van der Waals surface area contributed by atoms with Gasteiger partial charge in [0.05, 0.1) is 17.5 Å². The molecule has 0 saturated carbocycles. The first-order valence-electron chi connectivity index (χ1n) is 10.3. The van der Waals surface area contributed by atoms with Crippen LogP contribution in [0.5, 0.6) is 0 Å². The van der Waals surface area contributed by atoms with Crippen LogP contribution < -0.4 is 5.32 Å². The van der Waals surface area contributed by atoms with Crippen LogP contribution in [0.25, 0.3) is 5.69 Å². The SMILES string of the molecule is Cc1cc(NC(=O)CSc2nnc(C(C)N3CCCCC3)n2-c2ccc(F)cc2)on1. The summed E-state index contributed by atoms with van der Waals surface area (Å²) < 4.78 is 20.5. The maximum atomic E-state index is 13.5.